The summed E-state index contributed by atoms with van der Waals surface area (Å²) < 4.78 is 16.6. The lowest BCUT2D eigenvalue weighted by Gasteiger charge is -2.11. The molecular formula is C25H32O4. The van der Waals surface area contributed by atoms with Crippen LogP contribution in [0.25, 0.3) is 0 Å². The lowest BCUT2D eigenvalue weighted by molar-refractivity contribution is 0.0729. The molecule has 156 valence electrons. The van der Waals surface area contributed by atoms with Crippen LogP contribution in [0.15, 0.2) is 55.1 Å². The zero-order valence-electron chi connectivity index (χ0n) is 17.6. The van der Waals surface area contributed by atoms with Crippen LogP contribution < -0.4 is 14.2 Å². The Morgan fingerprint density at radius 1 is 0.966 bits per heavy atom. The number of ether oxygens (including phenoxy) is 3. The number of esters is 1. The number of carbonyl (C=O) groups is 1. The van der Waals surface area contributed by atoms with E-state index in [0.717, 1.165) is 24.2 Å². The van der Waals surface area contributed by atoms with Gasteiger partial charge in [0.1, 0.15) is 5.75 Å². The smallest absolute Gasteiger partial charge is 0.343 e. The standard InChI is InChI=1S/C25H32O4/c1-4-6-7-8-9-10-18-28-22-15-13-21(14-16-22)25(26)29-23-17-12-20(11-5-2)19-24(23)27-3/h5,12-17,19H,2,4,6-11,18H2,1,3H3. The fourth-order valence-electron chi connectivity index (χ4n) is 3.01. The molecule has 0 saturated heterocycles. The maximum Gasteiger partial charge on any atom is 0.343 e. The van der Waals surface area contributed by atoms with Crippen molar-refractivity contribution in [2.45, 2.75) is 51.9 Å². The predicted octanol–water partition coefficient (Wildman–Crippen LogP) is 6.38. The molecule has 2 rings (SSSR count). The Kier molecular flexibility index (Phi) is 9.84. The summed E-state index contributed by atoms with van der Waals surface area (Å²) in [5, 5.41) is 0. The third-order valence-corrected chi connectivity index (χ3v) is 4.67. The SMILES string of the molecule is C=CCc1ccc(OC(=O)c2ccc(OCCCCCCCC)cc2)c(OC)c1. The van der Waals surface area contributed by atoms with Gasteiger partial charge in [0.15, 0.2) is 11.5 Å². The quantitative estimate of drug-likeness (QED) is 0.170. The third kappa shape index (κ3) is 7.65. The van der Waals surface area contributed by atoms with Crippen molar-refractivity contribution in [3.05, 3.63) is 66.2 Å². The monoisotopic (exact) mass is 396 g/mol. The van der Waals surface area contributed by atoms with Crippen molar-refractivity contribution in [2.24, 2.45) is 0 Å². The van der Waals surface area contributed by atoms with Crippen LogP contribution in [-0.4, -0.2) is 19.7 Å². The van der Waals surface area contributed by atoms with Crippen LogP contribution >= 0.6 is 0 Å². The van der Waals surface area contributed by atoms with Crippen LogP contribution in [0.2, 0.25) is 0 Å². The van der Waals surface area contributed by atoms with Gasteiger partial charge in [-0.1, -0.05) is 51.2 Å². The van der Waals surface area contributed by atoms with Gasteiger partial charge in [-0.3, -0.25) is 0 Å². The van der Waals surface area contributed by atoms with Gasteiger partial charge in [0.05, 0.1) is 19.3 Å². The molecule has 0 atom stereocenters. The van der Waals surface area contributed by atoms with Crippen molar-refractivity contribution in [3.63, 3.8) is 0 Å². The van der Waals surface area contributed by atoms with Crippen molar-refractivity contribution < 1.29 is 19.0 Å². The number of hydrogen-bond donors (Lipinski definition) is 0. The second kappa shape index (κ2) is 12.7. The van der Waals surface area contributed by atoms with E-state index in [-0.39, 0.29) is 0 Å². The Balaban J connectivity index is 1.85. The zero-order chi connectivity index (χ0) is 20.9. The average molecular weight is 397 g/mol. The minimum Gasteiger partial charge on any atom is -0.494 e. The number of carbonyl (C=O) groups excluding carboxylic acids is 1. The average Bonchev–Trinajstić information content (AvgIpc) is 2.74. The van der Waals surface area contributed by atoms with Gasteiger partial charge in [-0.25, -0.2) is 4.79 Å². The lowest BCUT2D eigenvalue weighted by atomic mass is 10.1. The largest absolute Gasteiger partial charge is 0.494 e. The van der Waals surface area contributed by atoms with Crippen LogP contribution in [-0.2, 0) is 6.42 Å². The maximum atomic E-state index is 12.5. The van der Waals surface area contributed by atoms with E-state index in [1.54, 1.807) is 37.4 Å². The van der Waals surface area contributed by atoms with Gasteiger partial charge in [0, 0.05) is 0 Å². The van der Waals surface area contributed by atoms with E-state index < -0.39 is 5.97 Å². The molecule has 0 aliphatic heterocycles. The lowest BCUT2D eigenvalue weighted by Crippen LogP contribution is -2.09. The van der Waals surface area contributed by atoms with Crippen LogP contribution in [0.3, 0.4) is 0 Å². The molecule has 0 bridgehead atoms. The topological polar surface area (TPSA) is 44.8 Å². The van der Waals surface area contributed by atoms with E-state index in [4.69, 9.17) is 14.2 Å². The second-order valence-corrected chi connectivity index (χ2v) is 7.01. The van der Waals surface area contributed by atoms with Gasteiger partial charge in [0.2, 0.25) is 0 Å². The van der Waals surface area contributed by atoms with E-state index in [9.17, 15) is 4.79 Å². The van der Waals surface area contributed by atoms with Crippen molar-refractivity contribution >= 4 is 5.97 Å². The fourth-order valence-corrected chi connectivity index (χ4v) is 3.01. The summed E-state index contributed by atoms with van der Waals surface area (Å²) in [6.07, 6.45) is 9.92. The molecule has 0 N–H and O–H groups in total. The van der Waals surface area contributed by atoms with Crippen molar-refractivity contribution in [3.8, 4) is 17.2 Å². The summed E-state index contributed by atoms with van der Waals surface area (Å²) in [6, 6.07) is 12.5. The van der Waals surface area contributed by atoms with Gasteiger partial charge in [-0.2, -0.15) is 0 Å². The summed E-state index contributed by atoms with van der Waals surface area (Å²) in [4.78, 5) is 12.5. The molecule has 0 aromatic heterocycles. The second-order valence-electron chi connectivity index (χ2n) is 7.01. The molecule has 0 radical (unpaired) electrons. The molecule has 0 amide bonds. The first kappa shape index (κ1) is 22.5. The number of hydrogen-bond acceptors (Lipinski definition) is 4. The number of allylic oxidation sites excluding steroid dienone is 1. The highest BCUT2D eigenvalue weighted by Crippen LogP contribution is 2.29. The van der Waals surface area contributed by atoms with Gasteiger partial charge < -0.3 is 14.2 Å². The van der Waals surface area contributed by atoms with Crippen LogP contribution in [0.5, 0.6) is 17.2 Å². The third-order valence-electron chi connectivity index (χ3n) is 4.67. The van der Waals surface area contributed by atoms with Gasteiger partial charge in [0.25, 0.3) is 0 Å². The molecule has 0 aliphatic rings. The number of benzene rings is 2. The maximum absolute atomic E-state index is 12.5. The first-order valence-corrected chi connectivity index (χ1v) is 10.4. The molecule has 2 aromatic carbocycles. The zero-order valence-corrected chi connectivity index (χ0v) is 17.6. The first-order chi connectivity index (χ1) is 14.2. The summed E-state index contributed by atoms with van der Waals surface area (Å²) >= 11 is 0. The Hall–Kier alpha value is -2.75. The highest BCUT2D eigenvalue weighted by atomic mass is 16.6. The minimum atomic E-state index is -0.428. The minimum absolute atomic E-state index is 0.397. The number of rotatable bonds is 13. The Bertz CT molecular complexity index is 765. The van der Waals surface area contributed by atoms with Crippen molar-refractivity contribution in [2.75, 3.05) is 13.7 Å². The molecule has 0 fully saturated rings. The predicted molar refractivity (Wildman–Crippen MR) is 117 cm³/mol. The molecule has 0 saturated carbocycles. The Morgan fingerprint density at radius 2 is 1.69 bits per heavy atom. The fraction of sp³-hybridized carbons (Fsp3) is 0.400. The van der Waals surface area contributed by atoms with Crippen molar-refractivity contribution in [1.82, 2.24) is 0 Å². The normalized spacial score (nSPS) is 10.4. The highest BCUT2D eigenvalue weighted by molar-refractivity contribution is 5.91. The number of unbranched alkanes of at least 4 members (excludes halogenated alkanes) is 5. The summed E-state index contributed by atoms with van der Waals surface area (Å²) in [6.45, 7) is 6.65. The molecule has 2 aromatic rings. The van der Waals surface area contributed by atoms with Crippen molar-refractivity contribution in [1.29, 1.82) is 0 Å². The molecular weight excluding hydrogens is 364 g/mol. The van der Waals surface area contributed by atoms with E-state index in [1.165, 1.54) is 32.1 Å². The molecule has 4 nitrogen and oxygen atoms in total. The van der Waals surface area contributed by atoms with Gasteiger partial charge in [-0.05, 0) is 54.8 Å². The van der Waals surface area contributed by atoms with Gasteiger partial charge in [-0.15, -0.1) is 6.58 Å². The summed E-state index contributed by atoms with van der Waals surface area (Å²) in [5.41, 5.74) is 1.51. The molecule has 0 unspecified atom stereocenters. The van der Waals surface area contributed by atoms with E-state index in [0.29, 0.717) is 23.7 Å². The molecule has 0 spiro atoms. The molecule has 0 aliphatic carbocycles. The first-order valence-electron chi connectivity index (χ1n) is 10.4. The van der Waals surface area contributed by atoms with E-state index in [1.807, 2.05) is 18.2 Å². The summed E-state index contributed by atoms with van der Waals surface area (Å²) in [7, 11) is 1.56. The van der Waals surface area contributed by atoms with E-state index in [2.05, 4.69) is 13.5 Å². The van der Waals surface area contributed by atoms with Crippen LogP contribution in [0, 0.1) is 0 Å². The van der Waals surface area contributed by atoms with E-state index >= 15 is 0 Å². The Labute approximate surface area is 174 Å². The molecule has 0 heterocycles. The van der Waals surface area contributed by atoms with Crippen LogP contribution in [0.1, 0.15) is 61.4 Å². The van der Waals surface area contributed by atoms with Crippen LogP contribution in [0.4, 0.5) is 0 Å². The van der Waals surface area contributed by atoms with Gasteiger partial charge >= 0.3 is 5.97 Å². The molecule has 29 heavy (non-hydrogen) atoms. The Morgan fingerprint density at radius 3 is 2.38 bits per heavy atom. The summed E-state index contributed by atoms with van der Waals surface area (Å²) in [5.74, 6) is 1.26. The highest BCUT2D eigenvalue weighted by Gasteiger charge is 2.13. The molecule has 4 heteroatoms. The number of methoxy groups -OCH3 is 1.